The van der Waals surface area contributed by atoms with E-state index in [9.17, 15) is 4.79 Å². The Labute approximate surface area is 140 Å². The zero-order valence-corrected chi connectivity index (χ0v) is 13.4. The molecule has 1 aromatic heterocycles. The van der Waals surface area contributed by atoms with Gasteiger partial charge in [-0.3, -0.25) is 4.79 Å². The summed E-state index contributed by atoms with van der Waals surface area (Å²) in [5.74, 6) is 0.353. The highest BCUT2D eigenvalue weighted by molar-refractivity contribution is 6.02. The molecule has 24 heavy (non-hydrogen) atoms. The van der Waals surface area contributed by atoms with E-state index < -0.39 is 0 Å². The lowest BCUT2D eigenvalue weighted by atomic mass is 10.1. The van der Waals surface area contributed by atoms with Crippen molar-refractivity contribution in [3.8, 4) is 0 Å². The van der Waals surface area contributed by atoms with E-state index in [1.807, 2.05) is 36.4 Å². The number of amides is 1. The zero-order valence-electron chi connectivity index (χ0n) is 13.4. The second kappa shape index (κ2) is 7.37. The van der Waals surface area contributed by atoms with Gasteiger partial charge in [0.05, 0.1) is 0 Å². The van der Waals surface area contributed by atoms with E-state index in [1.54, 1.807) is 12.1 Å². The van der Waals surface area contributed by atoms with Crippen molar-refractivity contribution in [2.45, 2.75) is 13.5 Å². The summed E-state index contributed by atoms with van der Waals surface area (Å²) in [6, 6.07) is 20.9. The second-order valence-corrected chi connectivity index (χ2v) is 5.47. The molecule has 0 unspecified atom stereocenters. The molecule has 0 aliphatic carbocycles. The molecule has 5 nitrogen and oxygen atoms in total. The molecule has 0 saturated heterocycles. The summed E-state index contributed by atoms with van der Waals surface area (Å²) in [5, 5.41) is 14.0. The molecule has 0 atom stereocenters. The van der Waals surface area contributed by atoms with Crippen LogP contribution in [0.1, 0.15) is 21.6 Å². The van der Waals surface area contributed by atoms with Crippen molar-refractivity contribution >= 4 is 17.4 Å². The van der Waals surface area contributed by atoms with Gasteiger partial charge in [-0.1, -0.05) is 48.0 Å². The molecule has 3 aromatic rings. The maximum atomic E-state index is 12.1. The van der Waals surface area contributed by atoms with Crippen LogP contribution in [-0.4, -0.2) is 16.1 Å². The van der Waals surface area contributed by atoms with Crippen LogP contribution in [0.4, 0.5) is 11.5 Å². The van der Waals surface area contributed by atoms with Crippen molar-refractivity contribution in [2.24, 2.45) is 0 Å². The number of hydrogen-bond acceptors (Lipinski definition) is 4. The normalized spacial score (nSPS) is 10.2. The number of hydrogen-bond donors (Lipinski definition) is 2. The van der Waals surface area contributed by atoms with E-state index >= 15 is 0 Å². The first-order valence-corrected chi connectivity index (χ1v) is 7.70. The number of aromatic nitrogens is 2. The van der Waals surface area contributed by atoms with Crippen molar-refractivity contribution in [2.75, 3.05) is 10.6 Å². The zero-order chi connectivity index (χ0) is 16.8. The van der Waals surface area contributed by atoms with Gasteiger partial charge >= 0.3 is 0 Å². The lowest BCUT2D eigenvalue weighted by Gasteiger charge is -2.07. The Balaban J connectivity index is 1.59. The molecule has 0 spiro atoms. The summed E-state index contributed by atoms with van der Waals surface area (Å²) in [6.07, 6.45) is 0. The molecular weight excluding hydrogens is 300 g/mol. The molecule has 1 heterocycles. The number of para-hydroxylation sites is 1. The van der Waals surface area contributed by atoms with Gasteiger partial charge < -0.3 is 10.6 Å². The number of aryl methyl sites for hydroxylation is 1. The van der Waals surface area contributed by atoms with Crippen molar-refractivity contribution in [3.05, 3.63) is 83.6 Å². The minimum absolute atomic E-state index is 0.278. The average Bonchev–Trinajstić information content (AvgIpc) is 2.61. The molecule has 3 rings (SSSR count). The highest BCUT2D eigenvalue weighted by Crippen LogP contribution is 2.10. The van der Waals surface area contributed by atoms with E-state index in [0.29, 0.717) is 12.4 Å². The van der Waals surface area contributed by atoms with Crippen LogP contribution in [0.3, 0.4) is 0 Å². The molecule has 0 bridgehead atoms. The smallest absolute Gasteiger partial charge is 0.276 e. The van der Waals surface area contributed by atoms with E-state index in [1.165, 1.54) is 11.1 Å². The number of anilines is 2. The van der Waals surface area contributed by atoms with Gasteiger partial charge in [0.2, 0.25) is 0 Å². The molecule has 2 aromatic carbocycles. The topological polar surface area (TPSA) is 66.9 Å². The Hall–Kier alpha value is -3.21. The quantitative estimate of drug-likeness (QED) is 0.753. The van der Waals surface area contributed by atoms with E-state index in [-0.39, 0.29) is 11.6 Å². The van der Waals surface area contributed by atoms with Crippen molar-refractivity contribution < 1.29 is 4.79 Å². The van der Waals surface area contributed by atoms with Crippen LogP contribution in [-0.2, 0) is 6.54 Å². The molecular formula is C19H18N4O. The van der Waals surface area contributed by atoms with Crippen LogP contribution < -0.4 is 10.6 Å². The first-order chi connectivity index (χ1) is 11.7. The monoisotopic (exact) mass is 318 g/mol. The fraction of sp³-hybridized carbons (Fsp3) is 0.105. The van der Waals surface area contributed by atoms with Gasteiger partial charge in [-0.05, 0) is 36.8 Å². The van der Waals surface area contributed by atoms with Crippen LogP contribution in [0, 0.1) is 6.92 Å². The lowest BCUT2D eigenvalue weighted by Crippen LogP contribution is -2.14. The largest absolute Gasteiger partial charge is 0.365 e. The fourth-order valence-corrected chi connectivity index (χ4v) is 2.28. The maximum Gasteiger partial charge on any atom is 0.276 e. The number of nitrogens with one attached hydrogen (secondary N) is 2. The Morgan fingerprint density at radius 2 is 1.79 bits per heavy atom. The summed E-state index contributed by atoms with van der Waals surface area (Å²) >= 11 is 0. The number of carbonyl (C=O) groups is 1. The molecule has 0 aliphatic rings. The molecule has 0 fully saturated rings. The molecule has 5 heteroatoms. The minimum Gasteiger partial charge on any atom is -0.365 e. The third kappa shape index (κ3) is 4.16. The Morgan fingerprint density at radius 1 is 0.958 bits per heavy atom. The second-order valence-electron chi connectivity index (χ2n) is 5.47. The molecule has 0 radical (unpaired) electrons. The molecule has 1 amide bonds. The van der Waals surface area contributed by atoms with Crippen LogP contribution in [0.15, 0.2) is 66.7 Å². The SMILES string of the molecule is Cc1cccc(CNc2ccc(C(=O)Nc3ccccc3)nn2)c1. The number of benzene rings is 2. The number of rotatable bonds is 5. The predicted octanol–water partition coefficient (Wildman–Crippen LogP) is 3.65. The third-order valence-corrected chi connectivity index (χ3v) is 3.48. The van der Waals surface area contributed by atoms with Gasteiger partial charge in [0.15, 0.2) is 5.69 Å². The number of nitrogens with zero attached hydrogens (tertiary/aromatic N) is 2. The molecule has 120 valence electrons. The number of carbonyl (C=O) groups excluding carboxylic acids is 1. The lowest BCUT2D eigenvalue weighted by molar-refractivity contribution is 0.102. The van der Waals surface area contributed by atoms with Crippen LogP contribution >= 0.6 is 0 Å². The molecule has 0 saturated carbocycles. The molecule has 0 aliphatic heterocycles. The summed E-state index contributed by atoms with van der Waals surface area (Å²) < 4.78 is 0. The van der Waals surface area contributed by atoms with Gasteiger partial charge in [0.1, 0.15) is 5.82 Å². The maximum absolute atomic E-state index is 12.1. The predicted molar refractivity (Wildman–Crippen MR) is 94.9 cm³/mol. The first-order valence-electron chi connectivity index (χ1n) is 7.70. The molecule has 2 N–H and O–H groups in total. The summed E-state index contributed by atoms with van der Waals surface area (Å²) in [6.45, 7) is 2.72. The Morgan fingerprint density at radius 3 is 2.50 bits per heavy atom. The van der Waals surface area contributed by atoms with Crippen LogP contribution in [0.25, 0.3) is 0 Å². The summed E-state index contributed by atoms with van der Waals surface area (Å²) in [4.78, 5) is 12.1. The Kier molecular flexibility index (Phi) is 4.81. The van der Waals surface area contributed by atoms with E-state index in [2.05, 4.69) is 46.0 Å². The van der Waals surface area contributed by atoms with Crippen LogP contribution in [0.5, 0.6) is 0 Å². The third-order valence-electron chi connectivity index (χ3n) is 3.48. The van der Waals surface area contributed by atoms with Gasteiger partial charge in [0, 0.05) is 12.2 Å². The highest BCUT2D eigenvalue weighted by atomic mass is 16.1. The minimum atomic E-state index is -0.279. The summed E-state index contributed by atoms with van der Waals surface area (Å²) in [7, 11) is 0. The van der Waals surface area contributed by atoms with Crippen molar-refractivity contribution in [1.82, 2.24) is 10.2 Å². The Bertz CT molecular complexity index is 816. The fourth-order valence-electron chi connectivity index (χ4n) is 2.28. The van der Waals surface area contributed by atoms with Gasteiger partial charge in [0.25, 0.3) is 5.91 Å². The van der Waals surface area contributed by atoms with Gasteiger partial charge in [-0.2, -0.15) is 0 Å². The standard InChI is InChI=1S/C19H18N4O/c1-14-6-5-7-15(12-14)13-20-18-11-10-17(22-23-18)19(24)21-16-8-3-2-4-9-16/h2-12H,13H2,1H3,(H,20,23)(H,21,24). The van der Waals surface area contributed by atoms with E-state index in [4.69, 9.17) is 0 Å². The van der Waals surface area contributed by atoms with Crippen molar-refractivity contribution in [1.29, 1.82) is 0 Å². The van der Waals surface area contributed by atoms with Gasteiger partial charge in [-0.15, -0.1) is 10.2 Å². The highest BCUT2D eigenvalue weighted by Gasteiger charge is 2.08. The average molecular weight is 318 g/mol. The first kappa shape index (κ1) is 15.7. The van der Waals surface area contributed by atoms with Crippen LogP contribution in [0.2, 0.25) is 0 Å². The van der Waals surface area contributed by atoms with E-state index in [0.717, 1.165) is 5.69 Å². The van der Waals surface area contributed by atoms with Gasteiger partial charge in [-0.25, -0.2) is 0 Å². The summed E-state index contributed by atoms with van der Waals surface area (Å²) in [5.41, 5.74) is 3.39. The van der Waals surface area contributed by atoms with Crippen molar-refractivity contribution in [3.63, 3.8) is 0 Å².